The molecule has 4 nitrogen and oxygen atoms in total. The highest BCUT2D eigenvalue weighted by molar-refractivity contribution is 5.88. The smallest absolute Gasteiger partial charge is 0.339 e. The Morgan fingerprint density at radius 3 is 2.47 bits per heavy atom. The van der Waals surface area contributed by atoms with Crippen molar-refractivity contribution >= 4 is 5.97 Å². The van der Waals surface area contributed by atoms with Crippen LogP contribution in [0.25, 0.3) is 0 Å². The van der Waals surface area contributed by atoms with Gasteiger partial charge in [-0.05, 0) is 38.1 Å². The van der Waals surface area contributed by atoms with Gasteiger partial charge in [0, 0.05) is 12.7 Å². The van der Waals surface area contributed by atoms with Gasteiger partial charge in [0.2, 0.25) is 0 Å². The van der Waals surface area contributed by atoms with E-state index in [4.69, 9.17) is 0 Å². The minimum Gasteiger partial charge on any atom is -0.465 e. The summed E-state index contributed by atoms with van der Waals surface area (Å²) in [6.07, 6.45) is 8.21. The summed E-state index contributed by atoms with van der Waals surface area (Å²) in [7, 11) is 1.39. The first-order chi connectivity index (χ1) is 9.29. The van der Waals surface area contributed by atoms with Gasteiger partial charge in [-0.3, -0.25) is 9.88 Å². The van der Waals surface area contributed by atoms with Crippen LogP contribution in [0.15, 0.2) is 18.3 Å². The number of aromatic nitrogens is 1. The fourth-order valence-electron chi connectivity index (χ4n) is 2.46. The topological polar surface area (TPSA) is 42.4 Å². The summed E-state index contributed by atoms with van der Waals surface area (Å²) < 4.78 is 4.67. The summed E-state index contributed by atoms with van der Waals surface area (Å²) in [5.74, 6) is -0.328. The third kappa shape index (κ3) is 4.31. The van der Waals surface area contributed by atoms with Gasteiger partial charge in [0.05, 0.1) is 18.4 Å². The molecule has 1 fully saturated rings. The number of hydrogen-bond donors (Lipinski definition) is 0. The van der Waals surface area contributed by atoms with Gasteiger partial charge >= 0.3 is 5.97 Å². The molecule has 0 unspecified atom stereocenters. The standard InChI is InChI=1S/C15H22N2O2/c1-19-15(18)13-7-8-14(16-11-13)12-17-9-5-3-2-4-6-10-17/h7-8,11H,2-6,9-10,12H2,1H3. The zero-order valence-corrected chi connectivity index (χ0v) is 11.6. The van der Waals surface area contributed by atoms with E-state index in [1.165, 1.54) is 39.2 Å². The van der Waals surface area contributed by atoms with Gasteiger partial charge in [-0.1, -0.05) is 19.3 Å². The Hall–Kier alpha value is -1.42. The number of pyridine rings is 1. The van der Waals surface area contributed by atoms with E-state index < -0.39 is 0 Å². The molecule has 1 aromatic rings. The van der Waals surface area contributed by atoms with Crippen molar-refractivity contribution in [3.05, 3.63) is 29.6 Å². The molecule has 0 aliphatic carbocycles. The third-order valence-electron chi connectivity index (χ3n) is 3.58. The minimum atomic E-state index is -0.328. The minimum absolute atomic E-state index is 0.328. The predicted octanol–water partition coefficient (Wildman–Crippen LogP) is 2.63. The molecule has 1 saturated heterocycles. The number of likely N-dealkylation sites (tertiary alicyclic amines) is 1. The maximum Gasteiger partial charge on any atom is 0.339 e. The highest BCUT2D eigenvalue weighted by atomic mass is 16.5. The summed E-state index contributed by atoms with van der Waals surface area (Å²) in [6.45, 7) is 3.18. The Balaban J connectivity index is 1.92. The fraction of sp³-hybridized carbons (Fsp3) is 0.600. The largest absolute Gasteiger partial charge is 0.465 e. The van der Waals surface area contributed by atoms with Gasteiger partial charge in [0.15, 0.2) is 0 Å². The summed E-state index contributed by atoms with van der Waals surface area (Å²) in [6, 6.07) is 3.71. The van der Waals surface area contributed by atoms with Crippen molar-refractivity contribution in [3.8, 4) is 0 Å². The van der Waals surface area contributed by atoms with Gasteiger partial charge in [-0.15, -0.1) is 0 Å². The van der Waals surface area contributed by atoms with Crippen LogP contribution >= 0.6 is 0 Å². The van der Waals surface area contributed by atoms with Gasteiger partial charge in [-0.2, -0.15) is 0 Å². The van der Waals surface area contributed by atoms with Crippen LogP contribution in [-0.4, -0.2) is 36.1 Å². The van der Waals surface area contributed by atoms with E-state index in [9.17, 15) is 4.79 Å². The lowest BCUT2D eigenvalue weighted by molar-refractivity contribution is 0.0600. The van der Waals surface area contributed by atoms with E-state index in [0.717, 1.165) is 25.3 Å². The van der Waals surface area contributed by atoms with E-state index >= 15 is 0 Å². The molecule has 19 heavy (non-hydrogen) atoms. The lowest BCUT2D eigenvalue weighted by Crippen LogP contribution is -2.27. The Kier molecular flexibility index (Phi) is 5.33. The van der Waals surface area contributed by atoms with Crippen molar-refractivity contribution in [1.82, 2.24) is 9.88 Å². The Bertz CT molecular complexity index is 395. The normalized spacial score (nSPS) is 17.5. The van der Waals surface area contributed by atoms with Crippen LogP contribution in [-0.2, 0) is 11.3 Å². The summed E-state index contributed by atoms with van der Waals surface area (Å²) in [5, 5.41) is 0. The van der Waals surface area contributed by atoms with E-state index in [-0.39, 0.29) is 5.97 Å². The van der Waals surface area contributed by atoms with Crippen LogP contribution in [0.2, 0.25) is 0 Å². The average Bonchev–Trinajstić information content (AvgIpc) is 2.41. The van der Waals surface area contributed by atoms with E-state index in [2.05, 4.69) is 14.6 Å². The van der Waals surface area contributed by atoms with Crippen LogP contribution in [0.4, 0.5) is 0 Å². The molecule has 104 valence electrons. The molecule has 0 spiro atoms. The maximum atomic E-state index is 11.3. The third-order valence-corrected chi connectivity index (χ3v) is 3.58. The summed E-state index contributed by atoms with van der Waals surface area (Å²) in [5.41, 5.74) is 1.53. The van der Waals surface area contributed by atoms with Crippen LogP contribution in [0.3, 0.4) is 0 Å². The summed E-state index contributed by atoms with van der Waals surface area (Å²) in [4.78, 5) is 18.1. The molecule has 0 amide bonds. The highest BCUT2D eigenvalue weighted by Crippen LogP contribution is 2.13. The molecule has 0 N–H and O–H groups in total. The number of esters is 1. The maximum absolute atomic E-state index is 11.3. The molecule has 2 rings (SSSR count). The van der Waals surface area contributed by atoms with Gasteiger partial charge in [0.25, 0.3) is 0 Å². The van der Waals surface area contributed by atoms with E-state index in [1.54, 1.807) is 12.3 Å². The first-order valence-corrected chi connectivity index (χ1v) is 7.05. The second-order valence-electron chi connectivity index (χ2n) is 5.07. The molecule has 1 aliphatic heterocycles. The van der Waals surface area contributed by atoms with Crippen LogP contribution in [0.1, 0.15) is 48.2 Å². The number of nitrogens with zero attached hydrogens (tertiary/aromatic N) is 2. The SMILES string of the molecule is COC(=O)c1ccc(CN2CCCCCCC2)nc1. The molecule has 1 aromatic heterocycles. The zero-order chi connectivity index (χ0) is 13.5. The number of methoxy groups -OCH3 is 1. The molecule has 0 aromatic carbocycles. The van der Waals surface area contributed by atoms with Crippen molar-refractivity contribution in [2.75, 3.05) is 20.2 Å². The lowest BCUT2D eigenvalue weighted by Gasteiger charge is -2.24. The first-order valence-electron chi connectivity index (χ1n) is 7.05. The fourth-order valence-corrected chi connectivity index (χ4v) is 2.46. The van der Waals surface area contributed by atoms with Crippen LogP contribution in [0, 0.1) is 0 Å². The highest BCUT2D eigenvalue weighted by Gasteiger charge is 2.10. The Morgan fingerprint density at radius 2 is 1.89 bits per heavy atom. The van der Waals surface area contributed by atoms with Crippen LogP contribution in [0.5, 0.6) is 0 Å². The lowest BCUT2D eigenvalue weighted by atomic mass is 10.1. The van der Waals surface area contributed by atoms with Crippen LogP contribution < -0.4 is 0 Å². The summed E-state index contributed by atoms with van der Waals surface area (Å²) >= 11 is 0. The van der Waals surface area contributed by atoms with Gasteiger partial charge in [0.1, 0.15) is 0 Å². The molecular formula is C15H22N2O2. The van der Waals surface area contributed by atoms with E-state index in [1.807, 2.05) is 6.07 Å². The van der Waals surface area contributed by atoms with Crippen molar-refractivity contribution in [2.24, 2.45) is 0 Å². The number of hydrogen-bond acceptors (Lipinski definition) is 4. The molecule has 0 bridgehead atoms. The van der Waals surface area contributed by atoms with Crippen molar-refractivity contribution < 1.29 is 9.53 Å². The molecule has 2 heterocycles. The number of ether oxygens (including phenoxy) is 1. The molecule has 0 atom stereocenters. The van der Waals surface area contributed by atoms with Crippen molar-refractivity contribution in [3.63, 3.8) is 0 Å². The first kappa shape index (κ1) is 14.0. The van der Waals surface area contributed by atoms with E-state index in [0.29, 0.717) is 5.56 Å². The average molecular weight is 262 g/mol. The zero-order valence-electron chi connectivity index (χ0n) is 11.6. The molecule has 0 saturated carbocycles. The monoisotopic (exact) mass is 262 g/mol. The molecule has 1 aliphatic rings. The van der Waals surface area contributed by atoms with Crippen molar-refractivity contribution in [1.29, 1.82) is 0 Å². The number of carbonyl (C=O) groups excluding carboxylic acids is 1. The Morgan fingerprint density at radius 1 is 1.21 bits per heavy atom. The van der Waals surface area contributed by atoms with Crippen molar-refractivity contribution in [2.45, 2.75) is 38.6 Å². The second-order valence-corrected chi connectivity index (χ2v) is 5.07. The molecule has 4 heteroatoms. The quantitative estimate of drug-likeness (QED) is 0.785. The van der Waals surface area contributed by atoms with Gasteiger partial charge in [-0.25, -0.2) is 4.79 Å². The second kappa shape index (κ2) is 7.24. The van der Waals surface area contributed by atoms with Gasteiger partial charge < -0.3 is 4.74 Å². The molecule has 0 radical (unpaired) electrons. The number of rotatable bonds is 3. The Labute approximate surface area is 114 Å². The molecular weight excluding hydrogens is 240 g/mol. The number of carbonyl (C=O) groups is 1. The predicted molar refractivity (Wildman–Crippen MR) is 73.9 cm³/mol.